The number of nitrogens with one attached hydrogen (secondary N) is 2. The molecule has 2 N–H and O–H groups in total. The lowest BCUT2D eigenvalue weighted by molar-refractivity contribution is -0.147. The van der Waals surface area contributed by atoms with Crippen molar-refractivity contribution in [1.82, 2.24) is 5.32 Å². The van der Waals surface area contributed by atoms with E-state index in [9.17, 15) is 19.2 Å². The summed E-state index contributed by atoms with van der Waals surface area (Å²) in [5.41, 5.74) is 0.599. The van der Waals surface area contributed by atoms with E-state index >= 15 is 0 Å². The van der Waals surface area contributed by atoms with Gasteiger partial charge in [-0.25, -0.2) is 9.59 Å². The molecule has 2 atom stereocenters. The Balaban J connectivity index is 2.59. The van der Waals surface area contributed by atoms with Crippen LogP contribution in [0.4, 0.5) is 5.69 Å². The smallest absolute Gasteiger partial charge is 0.338 e. The number of rotatable bonds is 9. The van der Waals surface area contributed by atoms with E-state index < -0.39 is 36.4 Å². The lowest BCUT2D eigenvalue weighted by Gasteiger charge is -2.21. The largest absolute Gasteiger partial charge is 0.467 e. The summed E-state index contributed by atoms with van der Waals surface area (Å²) in [6.45, 7) is 3.12. The van der Waals surface area contributed by atoms with Crippen LogP contribution >= 0.6 is 0 Å². The molecule has 0 aliphatic carbocycles. The zero-order valence-electron chi connectivity index (χ0n) is 16.0. The van der Waals surface area contributed by atoms with Crippen LogP contribution in [0.25, 0.3) is 0 Å². The second kappa shape index (κ2) is 11.3. The van der Waals surface area contributed by atoms with E-state index in [2.05, 4.69) is 15.4 Å². The summed E-state index contributed by atoms with van der Waals surface area (Å²) in [6.07, 6.45) is 0.374. The molecule has 0 fully saturated rings. The zero-order valence-corrected chi connectivity index (χ0v) is 16.0. The number of nitriles is 1. The number of carbonyl (C=O) groups is 4. The summed E-state index contributed by atoms with van der Waals surface area (Å²) in [7, 11) is 1.23. The number of hydrogen-bond donors (Lipinski definition) is 2. The molecule has 0 aromatic heterocycles. The minimum absolute atomic E-state index is 0.143. The van der Waals surface area contributed by atoms with Crippen molar-refractivity contribution < 1.29 is 28.7 Å². The minimum atomic E-state index is -0.822. The maximum Gasteiger partial charge on any atom is 0.338 e. The molecule has 0 heterocycles. The number of anilines is 1. The Bertz CT molecular complexity index is 754. The van der Waals surface area contributed by atoms with Crippen LogP contribution < -0.4 is 10.6 Å². The average Bonchev–Trinajstić information content (AvgIpc) is 2.69. The van der Waals surface area contributed by atoms with Gasteiger partial charge in [0.25, 0.3) is 5.91 Å². The molecule has 0 unspecified atom stereocenters. The van der Waals surface area contributed by atoms with Gasteiger partial charge in [0, 0.05) is 5.69 Å². The summed E-state index contributed by atoms with van der Waals surface area (Å²) in [5.74, 6) is -2.53. The standard InChI is InChI=1S/C19H23N3O6/c1-4-12(2)17(19(26)27-3)22-16(24)11-28-18(25)13-5-7-14(8-6-13)21-15(23)9-10-20/h5-8,12,17H,4,9,11H2,1-3H3,(H,21,23)(H,22,24)/t12-,17-/m0/s1. The van der Waals surface area contributed by atoms with E-state index in [0.717, 1.165) is 0 Å². The van der Waals surface area contributed by atoms with Crippen molar-refractivity contribution in [2.24, 2.45) is 5.92 Å². The van der Waals surface area contributed by atoms with Crippen molar-refractivity contribution in [2.75, 3.05) is 19.0 Å². The first kappa shape index (κ1) is 22.6. The maximum atomic E-state index is 12.0. The molecule has 1 rings (SSSR count). The Morgan fingerprint density at radius 1 is 1.14 bits per heavy atom. The molecule has 9 nitrogen and oxygen atoms in total. The molecule has 150 valence electrons. The van der Waals surface area contributed by atoms with Gasteiger partial charge in [0.15, 0.2) is 6.61 Å². The molecular weight excluding hydrogens is 366 g/mol. The second-order valence-corrected chi connectivity index (χ2v) is 5.99. The number of hydrogen-bond acceptors (Lipinski definition) is 7. The number of nitrogens with zero attached hydrogens (tertiary/aromatic N) is 1. The molecular formula is C19H23N3O6. The van der Waals surface area contributed by atoms with Gasteiger partial charge in [-0.15, -0.1) is 0 Å². The highest BCUT2D eigenvalue weighted by Crippen LogP contribution is 2.12. The van der Waals surface area contributed by atoms with Gasteiger partial charge in [-0.3, -0.25) is 9.59 Å². The van der Waals surface area contributed by atoms with E-state index in [-0.39, 0.29) is 17.9 Å². The Morgan fingerprint density at radius 2 is 1.79 bits per heavy atom. The fourth-order valence-electron chi connectivity index (χ4n) is 2.19. The quantitative estimate of drug-likeness (QED) is 0.610. The third kappa shape index (κ3) is 7.07. The Labute approximate surface area is 163 Å². The molecule has 0 aliphatic heterocycles. The first-order chi connectivity index (χ1) is 13.3. The Morgan fingerprint density at radius 3 is 2.32 bits per heavy atom. The van der Waals surface area contributed by atoms with Crippen LogP contribution in [-0.2, 0) is 23.9 Å². The lowest BCUT2D eigenvalue weighted by Crippen LogP contribution is -2.47. The summed E-state index contributed by atoms with van der Waals surface area (Å²) in [5, 5.41) is 13.4. The van der Waals surface area contributed by atoms with Gasteiger partial charge < -0.3 is 20.1 Å². The third-order valence-electron chi connectivity index (χ3n) is 3.96. The van der Waals surface area contributed by atoms with Gasteiger partial charge in [-0.2, -0.15) is 5.26 Å². The fourth-order valence-corrected chi connectivity index (χ4v) is 2.19. The number of carbonyl (C=O) groups excluding carboxylic acids is 4. The SMILES string of the molecule is CC[C@H](C)[C@H](NC(=O)COC(=O)c1ccc(NC(=O)CC#N)cc1)C(=O)OC. The van der Waals surface area contributed by atoms with E-state index in [1.807, 2.05) is 6.92 Å². The van der Waals surface area contributed by atoms with Crippen LogP contribution in [0.2, 0.25) is 0 Å². The zero-order chi connectivity index (χ0) is 21.1. The second-order valence-electron chi connectivity index (χ2n) is 5.99. The Kier molecular flexibility index (Phi) is 9.16. The molecule has 28 heavy (non-hydrogen) atoms. The van der Waals surface area contributed by atoms with Crippen molar-refractivity contribution in [2.45, 2.75) is 32.7 Å². The predicted octanol–water partition coefficient (Wildman–Crippen LogP) is 1.40. The van der Waals surface area contributed by atoms with Crippen molar-refractivity contribution >= 4 is 29.4 Å². The number of methoxy groups -OCH3 is 1. The monoisotopic (exact) mass is 389 g/mol. The molecule has 0 saturated carbocycles. The minimum Gasteiger partial charge on any atom is -0.467 e. The Hall–Kier alpha value is -3.41. The van der Waals surface area contributed by atoms with Crippen molar-refractivity contribution in [3.05, 3.63) is 29.8 Å². The summed E-state index contributed by atoms with van der Waals surface area (Å²) in [4.78, 5) is 47.1. The fraction of sp³-hybridized carbons (Fsp3) is 0.421. The highest BCUT2D eigenvalue weighted by molar-refractivity contribution is 5.94. The van der Waals surface area contributed by atoms with Gasteiger partial charge in [0.05, 0.1) is 18.7 Å². The van der Waals surface area contributed by atoms with Gasteiger partial charge in [-0.05, 0) is 30.2 Å². The van der Waals surface area contributed by atoms with E-state index in [1.54, 1.807) is 13.0 Å². The molecule has 0 saturated heterocycles. The summed E-state index contributed by atoms with van der Waals surface area (Å²) >= 11 is 0. The molecule has 0 aliphatic rings. The molecule has 0 spiro atoms. The first-order valence-corrected chi connectivity index (χ1v) is 8.63. The van der Waals surface area contributed by atoms with E-state index in [4.69, 9.17) is 10.00 Å². The molecule has 0 bridgehead atoms. The van der Waals surface area contributed by atoms with E-state index in [0.29, 0.717) is 12.1 Å². The van der Waals surface area contributed by atoms with Gasteiger partial charge in [0.2, 0.25) is 5.91 Å². The van der Waals surface area contributed by atoms with Crippen LogP contribution in [0.1, 0.15) is 37.0 Å². The number of ether oxygens (including phenoxy) is 2. The maximum absolute atomic E-state index is 12.0. The molecule has 2 amide bonds. The van der Waals surface area contributed by atoms with Crippen LogP contribution in [0.5, 0.6) is 0 Å². The van der Waals surface area contributed by atoms with Gasteiger partial charge >= 0.3 is 11.9 Å². The van der Waals surface area contributed by atoms with Gasteiger partial charge in [-0.1, -0.05) is 20.3 Å². The molecule has 1 aromatic rings. The van der Waals surface area contributed by atoms with Crippen LogP contribution in [-0.4, -0.2) is 43.5 Å². The average molecular weight is 389 g/mol. The third-order valence-corrected chi connectivity index (χ3v) is 3.96. The van der Waals surface area contributed by atoms with Crippen LogP contribution in [0, 0.1) is 17.2 Å². The van der Waals surface area contributed by atoms with Crippen molar-refractivity contribution in [3.63, 3.8) is 0 Å². The molecule has 1 aromatic carbocycles. The van der Waals surface area contributed by atoms with Crippen molar-refractivity contribution in [3.8, 4) is 6.07 Å². The van der Waals surface area contributed by atoms with E-state index in [1.165, 1.54) is 31.4 Å². The first-order valence-electron chi connectivity index (χ1n) is 8.63. The van der Waals surface area contributed by atoms with Crippen LogP contribution in [0.3, 0.4) is 0 Å². The highest BCUT2D eigenvalue weighted by Gasteiger charge is 2.27. The summed E-state index contributed by atoms with van der Waals surface area (Å²) in [6, 6.07) is 6.68. The summed E-state index contributed by atoms with van der Waals surface area (Å²) < 4.78 is 9.62. The lowest BCUT2D eigenvalue weighted by atomic mass is 9.99. The number of amides is 2. The van der Waals surface area contributed by atoms with Gasteiger partial charge in [0.1, 0.15) is 12.5 Å². The number of benzene rings is 1. The normalized spacial score (nSPS) is 12.1. The molecule has 0 radical (unpaired) electrons. The number of esters is 2. The van der Waals surface area contributed by atoms with Crippen molar-refractivity contribution in [1.29, 1.82) is 5.26 Å². The topological polar surface area (TPSA) is 135 Å². The predicted molar refractivity (Wildman–Crippen MR) is 99.0 cm³/mol. The highest BCUT2D eigenvalue weighted by atomic mass is 16.5. The van der Waals surface area contributed by atoms with Crippen LogP contribution in [0.15, 0.2) is 24.3 Å². The molecule has 9 heteroatoms.